The van der Waals surface area contributed by atoms with Gasteiger partial charge < -0.3 is 24.1 Å². The Bertz CT molecular complexity index is 536. The molecule has 2 aliphatic heterocycles. The highest BCUT2D eigenvalue weighted by atomic mass is 16.7. The second-order valence-corrected chi connectivity index (χ2v) is 7.26. The van der Waals surface area contributed by atoms with E-state index in [0.29, 0.717) is 13.2 Å². The van der Waals surface area contributed by atoms with Gasteiger partial charge in [-0.2, -0.15) is 0 Å². The molecule has 1 N–H and O–H groups in total. The fourth-order valence-corrected chi connectivity index (χ4v) is 3.96. The molecule has 2 aliphatic rings. The molecule has 5 nitrogen and oxygen atoms in total. The van der Waals surface area contributed by atoms with Crippen LogP contribution in [0.4, 0.5) is 0 Å². The van der Waals surface area contributed by atoms with E-state index in [2.05, 4.69) is 24.3 Å². The molecule has 140 valence electrons. The number of aliphatic hydroxyl groups is 1. The van der Waals surface area contributed by atoms with Gasteiger partial charge in [0.05, 0.1) is 25.4 Å². The Morgan fingerprint density at radius 1 is 1.00 bits per heavy atom. The number of aryl methyl sites for hydroxylation is 1. The normalized spacial score (nSPS) is 33.4. The van der Waals surface area contributed by atoms with Crippen molar-refractivity contribution in [3.8, 4) is 0 Å². The number of benzene rings is 1. The number of hydrogen-bond acceptors (Lipinski definition) is 5. The van der Waals surface area contributed by atoms with Gasteiger partial charge in [-0.1, -0.05) is 30.3 Å². The van der Waals surface area contributed by atoms with E-state index >= 15 is 0 Å². The number of ether oxygens (including phenoxy) is 4. The predicted molar refractivity (Wildman–Crippen MR) is 94.7 cm³/mol. The lowest BCUT2D eigenvalue weighted by molar-refractivity contribution is 0.109. The Balaban J connectivity index is 1.54. The molecule has 5 heteroatoms. The van der Waals surface area contributed by atoms with Crippen LogP contribution in [0, 0.1) is 0 Å². The van der Waals surface area contributed by atoms with Gasteiger partial charge in [0.1, 0.15) is 11.2 Å². The van der Waals surface area contributed by atoms with Crippen molar-refractivity contribution >= 4 is 0 Å². The summed E-state index contributed by atoms with van der Waals surface area (Å²) in [4.78, 5) is 0. The fraction of sp³-hybridized carbons (Fsp3) is 0.700. The van der Waals surface area contributed by atoms with Crippen LogP contribution in [0.25, 0.3) is 0 Å². The van der Waals surface area contributed by atoms with E-state index in [0.717, 1.165) is 32.1 Å². The third kappa shape index (κ3) is 4.41. The number of hydrogen-bond donors (Lipinski definition) is 1. The highest BCUT2D eigenvalue weighted by molar-refractivity contribution is 5.17. The molecule has 0 radical (unpaired) electrons. The summed E-state index contributed by atoms with van der Waals surface area (Å²) in [5, 5.41) is 9.12. The zero-order valence-corrected chi connectivity index (χ0v) is 15.3. The Morgan fingerprint density at radius 2 is 1.68 bits per heavy atom. The average Bonchev–Trinajstić information content (AvgIpc) is 3.50. The predicted octanol–water partition coefficient (Wildman–Crippen LogP) is 2.35. The number of aliphatic hydroxyl groups excluding tert-OH is 1. The quantitative estimate of drug-likeness (QED) is 0.586. The highest BCUT2D eigenvalue weighted by Gasteiger charge is 2.65. The largest absolute Gasteiger partial charge is 0.396 e. The fourth-order valence-electron chi connectivity index (χ4n) is 3.96. The second kappa shape index (κ2) is 8.14. The van der Waals surface area contributed by atoms with E-state index < -0.39 is 0 Å². The van der Waals surface area contributed by atoms with Crippen LogP contribution >= 0.6 is 0 Å². The summed E-state index contributed by atoms with van der Waals surface area (Å²) in [5.74, 6) is 0. The molecule has 1 aromatic carbocycles. The molecule has 0 saturated carbocycles. The lowest BCUT2D eigenvalue weighted by Crippen LogP contribution is -2.29. The molecule has 0 aliphatic carbocycles. The smallest absolute Gasteiger partial charge is 0.121 e. The summed E-state index contributed by atoms with van der Waals surface area (Å²) in [6, 6.07) is 10.5. The molecular weight excluding hydrogens is 320 g/mol. The van der Waals surface area contributed by atoms with Gasteiger partial charge >= 0.3 is 0 Å². The van der Waals surface area contributed by atoms with Crippen molar-refractivity contribution in [2.45, 2.75) is 55.5 Å². The van der Waals surface area contributed by atoms with Crippen molar-refractivity contribution in [1.82, 2.24) is 0 Å². The van der Waals surface area contributed by atoms with Gasteiger partial charge in [0.2, 0.25) is 0 Å². The topological polar surface area (TPSA) is 63.8 Å². The molecule has 1 aromatic rings. The molecule has 0 unspecified atom stereocenters. The van der Waals surface area contributed by atoms with E-state index in [1.165, 1.54) is 5.56 Å². The Morgan fingerprint density at radius 3 is 2.36 bits per heavy atom. The minimum Gasteiger partial charge on any atom is -0.396 e. The minimum atomic E-state index is -0.256. The number of methoxy groups -OCH3 is 2. The van der Waals surface area contributed by atoms with Gasteiger partial charge in [0.15, 0.2) is 0 Å². The van der Waals surface area contributed by atoms with Gasteiger partial charge in [0.25, 0.3) is 0 Å². The maximum Gasteiger partial charge on any atom is 0.121 e. The van der Waals surface area contributed by atoms with Crippen molar-refractivity contribution in [2.75, 3.05) is 34.0 Å². The third-order valence-electron chi connectivity index (χ3n) is 5.42. The van der Waals surface area contributed by atoms with Gasteiger partial charge in [0, 0.05) is 27.2 Å². The summed E-state index contributed by atoms with van der Waals surface area (Å²) in [6.07, 6.45) is 4.72. The Labute approximate surface area is 150 Å². The van der Waals surface area contributed by atoms with Crippen molar-refractivity contribution in [2.24, 2.45) is 0 Å². The molecule has 0 spiro atoms. The lowest BCUT2D eigenvalue weighted by atomic mass is 9.90. The van der Waals surface area contributed by atoms with Crippen LogP contribution in [0.5, 0.6) is 0 Å². The Hall–Kier alpha value is -0.980. The maximum atomic E-state index is 9.12. The summed E-state index contributed by atoms with van der Waals surface area (Å²) in [6.45, 7) is 1.34. The third-order valence-corrected chi connectivity index (χ3v) is 5.42. The van der Waals surface area contributed by atoms with Crippen LogP contribution < -0.4 is 0 Å². The molecule has 0 aromatic heterocycles. The summed E-state index contributed by atoms with van der Waals surface area (Å²) in [5.41, 5.74) is 0.848. The number of epoxide rings is 2. The van der Waals surface area contributed by atoms with E-state index in [-0.39, 0.29) is 30.0 Å². The van der Waals surface area contributed by atoms with Crippen LogP contribution in [-0.2, 0) is 25.4 Å². The van der Waals surface area contributed by atoms with Crippen molar-refractivity contribution in [1.29, 1.82) is 0 Å². The summed E-state index contributed by atoms with van der Waals surface area (Å²) >= 11 is 0. The van der Waals surface area contributed by atoms with Gasteiger partial charge in [-0.05, 0) is 31.2 Å². The highest BCUT2D eigenvalue weighted by Crippen LogP contribution is 2.52. The van der Waals surface area contributed by atoms with Crippen LogP contribution in [0.2, 0.25) is 0 Å². The van der Waals surface area contributed by atoms with Crippen LogP contribution in [0.15, 0.2) is 30.3 Å². The van der Waals surface area contributed by atoms with Crippen LogP contribution in [-0.4, -0.2) is 62.6 Å². The first-order valence-corrected chi connectivity index (χ1v) is 9.16. The first-order chi connectivity index (χ1) is 12.2. The molecule has 2 saturated heterocycles. The van der Waals surface area contributed by atoms with Gasteiger partial charge in [-0.25, -0.2) is 0 Å². The standard InChI is InChI=1S/C20H30O5/c1-22-14-19(11-6-12-21)18(25-19)13-20(15-23-2)17(24-20)10-9-16-7-4-3-5-8-16/h3-5,7-8,17-18,21H,6,9-15H2,1-2H3/t17-,18-,19+,20+/m1/s1. The van der Waals surface area contributed by atoms with Gasteiger partial charge in [-0.3, -0.25) is 0 Å². The second-order valence-electron chi connectivity index (χ2n) is 7.26. The minimum absolute atomic E-state index is 0.121. The lowest BCUT2D eigenvalue weighted by Gasteiger charge is -2.14. The first-order valence-electron chi connectivity index (χ1n) is 9.16. The van der Waals surface area contributed by atoms with Gasteiger partial charge in [-0.15, -0.1) is 0 Å². The molecule has 25 heavy (non-hydrogen) atoms. The van der Waals surface area contributed by atoms with Crippen LogP contribution in [0.1, 0.15) is 31.2 Å². The maximum absolute atomic E-state index is 9.12. The Kier molecular flexibility index (Phi) is 6.12. The first kappa shape index (κ1) is 18.8. The number of rotatable bonds is 12. The monoisotopic (exact) mass is 350 g/mol. The SMILES string of the molecule is COC[C@]1(C[C@H]2O[C@@]2(CCCO)COC)O[C@@H]1CCc1ccccc1. The van der Waals surface area contributed by atoms with Crippen molar-refractivity contribution < 1.29 is 24.1 Å². The average molecular weight is 350 g/mol. The summed E-state index contributed by atoms with van der Waals surface area (Å²) in [7, 11) is 3.42. The van der Waals surface area contributed by atoms with Crippen molar-refractivity contribution in [3.05, 3.63) is 35.9 Å². The molecule has 0 amide bonds. The molecular formula is C20H30O5. The van der Waals surface area contributed by atoms with E-state index in [1.807, 2.05) is 6.07 Å². The van der Waals surface area contributed by atoms with E-state index in [1.54, 1.807) is 14.2 Å². The van der Waals surface area contributed by atoms with Crippen LogP contribution in [0.3, 0.4) is 0 Å². The molecule has 2 heterocycles. The molecule has 0 bridgehead atoms. The van der Waals surface area contributed by atoms with E-state index in [4.69, 9.17) is 24.1 Å². The molecule has 3 rings (SSSR count). The summed E-state index contributed by atoms with van der Waals surface area (Å²) < 4.78 is 22.9. The molecule has 4 atom stereocenters. The molecule has 2 fully saturated rings. The zero-order chi connectivity index (χ0) is 17.8. The van der Waals surface area contributed by atoms with Crippen molar-refractivity contribution in [3.63, 3.8) is 0 Å². The zero-order valence-electron chi connectivity index (χ0n) is 15.3. The van der Waals surface area contributed by atoms with E-state index in [9.17, 15) is 0 Å².